The number of nitrogens with one attached hydrogen (secondary N) is 1. The summed E-state index contributed by atoms with van der Waals surface area (Å²) in [5.74, 6) is 0.264. The van der Waals surface area contributed by atoms with Crippen molar-refractivity contribution < 1.29 is 14.6 Å². The number of ether oxygens (including phenoxy) is 1. The Morgan fingerprint density at radius 2 is 1.87 bits per heavy atom. The summed E-state index contributed by atoms with van der Waals surface area (Å²) in [5.41, 5.74) is 2.20. The summed E-state index contributed by atoms with van der Waals surface area (Å²) in [4.78, 5) is 12.4. The van der Waals surface area contributed by atoms with E-state index in [1.54, 1.807) is 18.2 Å². The molecule has 0 fully saturated rings. The molecule has 2 N–H and O–H groups in total. The molecule has 0 radical (unpaired) electrons. The number of halogens is 2. The van der Waals surface area contributed by atoms with E-state index in [1.165, 1.54) is 18.2 Å². The van der Waals surface area contributed by atoms with Gasteiger partial charge in [0.1, 0.15) is 29.7 Å². The van der Waals surface area contributed by atoms with Gasteiger partial charge in [-0.25, -0.2) is 0 Å². The second-order valence-electron chi connectivity index (χ2n) is 6.26. The fourth-order valence-corrected chi connectivity index (χ4v) is 4.36. The molecule has 7 heteroatoms. The normalized spacial score (nSPS) is 10.9. The lowest BCUT2D eigenvalue weighted by molar-refractivity contribution is -0.112. The molecule has 0 aromatic heterocycles. The van der Waals surface area contributed by atoms with Crippen molar-refractivity contribution in [1.82, 2.24) is 0 Å². The number of nitriles is 1. The van der Waals surface area contributed by atoms with E-state index in [0.29, 0.717) is 23.6 Å². The van der Waals surface area contributed by atoms with Crippen LogP contribution in [0.25, 0.3) is 6.08 Å². The average molecular weight is 575 g/mol. The maximum Gasteiger partial charge on any atom is 0.266 e. The number of anilines is 1. The molecule has 3 aromatic rings. The van der Waals surface area contributed by atoms with Crippen LogP contribution in [-0.2, 0) is 11.4 Å². The minimum Gasteiger partial charge on any atom is -0.508 e. The molecule has 0 heterocycles. The lowest BCUT2D eigenvalue weighted by atomic mass is 10.1. The monoisotopic (exact) mass is 574 g/mol. The summed E-state index contributed by atoms with van der Waals surface area (Å²) < 4.78 is 7.51. The molecular weight excluding hydrogens is 559 g/mol. The molecule has 0 aliphatic carbocycles. The van der Waals surface area contributed by atoms with Crippen LogP contribution in [0.3, 0.4) is 0 Å². The van der Waals surface area contributed by atoms with E-state index in [9.17, 15) is 15.2 Å². The van der Waals surface area contributed by atoms with Crippen LogP contribution < -0.4 is 10.1 Å². The minimum atomic E-state index is -0.529. The average Bonchev–Trinajstić information content (AvgIpc) is 2.73. The minimum absolute atomic E-state index is 0.0382. The summed E-state index contributed by atoms with van der Waals surface area (Å²) in [5, 5.41) is 21.4. The zero-order chi connectivity index (χ0) is 21.5. The van der Waals surface area contributed by atoms with Crippen molar-refractivity contribution in [3.8, 4) is 17.6 Å². The predicted molar refractivity (Wildman–Crippen MR) is 128 cm³/mol. The number of hydrogen-bond acceptors (Lipinski definition) is 4. The second kappa shape index (κ2) is 10.3. The van der Waals surface area contributed by atoms with Gasteiger partial charge in [0.25, 0.3) is 5.91 Å². The highest BCUT2D eigenvalue weighted by atomic mass is 127. The van der Waals surface area contributed by atoms with Gasteiger partial charge in [0, 0.05) is 5.69 Å². The summed E-state index contributed by atoms with van der Waals surface area (Å²) in [6.07, 6.45) is 1.52. The first-order valence-corrected chi connectivity index (χ1v) is 10.7. The number of hydrogen-bond donors (Lipinski definition) is 2. The van der Waals surface area contributed by atoms with Crippen molar-refractivity contribution in [3.63, 3.8) is 0 Å². The van der Waals surface area contributed by atoms with E-state index in [-0.39, 0.29) is 11.3 Å². The van der Waals surface area contributed by atoms with Gasteiger partial charge in [0.15, 0.2) is 0 Å². The smallest absolute Gasteiger partial charge is 0.266 e. The van der Waals surface area contributed by atoms with Crippen LogP contribution >= 0.6 is 38.5 Å². The molecular formula is C23H16BrIN2O3. The van der Waals surface area contributed by atoms with E-state index >= 15 is 0 Å². The fourth-order valence-electron chi connectivity index (χ4n) is 2.59. The van der Waals surface area contributed by atoms with Gasteiger partial charge >= 0.3 is 0 Å². The number of benzene rings is 3. The Balaban J connectivity index is 1.76. The largest absolute Gasteiger partial charge is 0.508 e. The SMILES string of the molecule is N#C/C(=C\c1cc(Br)c(OCc2ccccc2)c(I)c1)C(=O)Nc1ccc(O)cc1. The lowest BCUT2D eigenvalue weighted by Crippen LogP contribution is -2.13. The number of amides is 1. The molecule has 1 amide bonds. The van der Waals surface area contributed by atoms with Gasteiger partial charge in [0.2, 0.25) is 0 Å². The molecule has 0 aliphatic rings. The maximum absolute atomic E-state index is 12.4. The van der Waals surface area contributed by atoms with Crippen molar-refractivity contribution in [3.05, 3.63) is 91.5 Å². The standard InChI is InChI=1S/C23H16BrIN2O3/c24-20-11-16(12-21(25)22(20)30-14-15-4-2-1-3-5-15)10-17(13-26)23(29)27-18-6-8-19(28)9-7-18/h1-12,28H,14H2,(H,27,29)/b17-10+. The quantitative estimate of drug-likeness (QED) is 0.167. The van der Waals surface area contributed by atoms with Gasteiger partial charge in [-0.1, -0.05) is 30.3 Å². The third kappa shape index (κ3) is 5.84. The van der Waals surface area contributed by atoms with Crippen molar-refractivity contribution in [2.24, 2.45) is 0 Å². The third-order valence-electron chi connectivity index (χ3n) is 4.05. The zero-order valence-corrected chi connectivity index (χ0v) is 19.3. The van der Waals surface area contributed by atoms with E-state index in [1.807, 2.05) is 42.5 Å². The molecule has 0 saturated carbocycles. The Hall–Kier alpha value is -2.83. The Morgan fingerprint density at radius 3 is 2.50 bits per heavy atom. The highest BCUT2D eigenvalue weighted by Crippen LogP contribution is 2.33. The summed E-state index contributed by atoms with van der Waals surface area (Å²) in [6, 6.07) is 21.5. The number of aromatic hydroxyl groups is 1. The summed E-state index contributed by atoms with van der Waals surface area (Å²) in [6.45, 7) is 0.434. The molecule has 0 bridgehead atoms. The van der Waals surface area contributed by atoms with Gasteiger partial charge in [-0.15, -0.1) is 0 Å². The first kappa shape index (κ1) is 21.9. The van der Waals surface area contributed by atoms with E-state index < -0.39 is 5.91 Å². The Labute approximate surface area is 196 Å². The molecule has 0 atom stereocenters. The highest BCUT2D eigenvalue weighted by molar-refractivity contribution is 14.1. The molecule has 0 aliphatic heterocycles. The fraction of sp³-hybridized carbons (Fsp3) is 0.0435. The molecule has 30 heavy (non-hydrogen) atoms. The maximum atomic E-state index is 12.4. The van der Waals surface area contributed by atoms with Crippen LogP contribution in [-0.4, -0.2) is 11.0 Å². The summed E-state index contributed by atoms with van der Waals surface area (Å²) in [7, 11) is 0. The van der Waals surface area contributed by atoms with Crippen molar-refractivity contribution in [2.75, 3.05) is 5.32 Å². The van der Waals surface area contributed by atoms with E-state index in [2.05, 4.69) is 43.8 Å². The first-order chi connectivity index (χ1) is 14.5. The Kier molecular flexibility index (Phi) is 7.49. The molecule has 0 saturated heterocycles. The van der Waals surface area contributed by atoms with Crippen LogP contribution in [0.15, 0.2) is 76.8 Å². The third-order valence-corrected chi connectivity index (χ3v) is 5.44. The van der Waals surface area contributed by atoms with Gasteiger partial charge in [0.05, 0.1) is 8.04 Å². The predicted octanol–water partition coefficient (Wildman–Crippen LogP) is 5.88. The van der Waals surface area contributed by atoms with E-state index in [4.69, 9.17) is 4.74 Å². The number of carbonyl (C=O) groups excluding carboxylic acids is 1. The highest BCUT2D eigenvalue weighted by Gasteiger charge is 2.13. The molecule has 0 spiro atoms. The lowest BCUT2D eigenvalue weighted by Gasteiger charge is -2.12. The molecule has 0 unspecified atom stereocenters. The molecule has 5 nitrogen and oxygen atoms in total. The molecule has 3 aromatic carbocycles. The first-order valence-electron chi connectivity index (χ1n) is 8.84. The van der Waals surface area contributed by atoms with Crippen molar-refractivity contribution >= 4 is 56.2 Å². The number of nitrogens with zero attached hydrogens (tertiary/aromatic N) is 1. The second-order valence-corrected chi connectivity index (χ2v) is 8.28. The number of carbonyl (C=O) groups is 1. The van der Waals surface area contributed by atoms with Crippen molar-refractivity contribution in [2.45, 2.75) is 6.61 Å². The van der Waals surface area contributed by atoms with Gasteiger partial charge in [-0.3, -0.25) is 4.79 Å². The Bertz CT molecular complexity index is 1100. The molecule has 3 rings (SSSR count). The van der Waals surface area contributed by atoms with Gasteiger partial charge in [-0.2, -0.15) is 5.26 Å². The Morgan fingerprint density at radius 1 is 1.17 bits per heavy atom. The zero-order valence-electron chi connectivity index (χ0n) is 15.6. The van der Waals surface area contributed by atoms with Crippen LogP contribution in [0.5, 0.6) is 11.5 Å². The van der Waals surface area contributed by atoms with Crippen LogP contribution in [0.1, 0.15) is 11.1 Å². The number of phenolic OH excluding ortho intramolecular Hbond substituents is 1. The van der Waals surface area contributed by atoms with Crippen LogP contribution in [0.2, 0.25) is 0 Å². The van der Waals surface area contributed by atoms with Crippen molar-refractivity contribution in [1.29, 1.82) is 5.26 Å². The summed E-state index contributed by atoms with van der Waals surface area (Å²) >= 11 is 5.68. The molecule has 150 valence electrons. The van der Waals surface area contributed by atoms with Gasteiger partial charge in [-0.05, 0) is 92.1 Å². The number of phenols is 1. The number of rotatable bonds is 6. The van der Waals surface area contributed by atoms with Crippen LogP contribution in [0, 0.1) is 14.9 Å². The topological polar surface area (TPSA) is 82.3 Å². The van der Waals surface area contributed by atoms with E-state index in [0.717, 1.165) is 13.6 Å². The van der Waals surface area contributed by atoms with Crippen LogP contribution in [0.4, 0.5) is 5.69 Å². The van der Waals surface area contributed by atoms with Gasteiger partial charge < -0.3 is 15.2 Å².